The molecule has 3 atom stereocenters. The maximum Gasteiger partial charge on any atom is 0.152 e. The molecule has 1 aliphatic carbocycles. The summed E-state index contributed by atoms with van der Waals surface area (Å²) >= 11 is 0. The van der Waals surface area contributed by atoms with Crippen LogP contribution >= 0.6 is 0 Å². The predicted molar refractivity (Wildman–Crippen MR) is 81.4 cm³/mol. The van der Waals surface area contributed by atoms with E-state index in [1.807, 2.05) is 0 Å². The number of hydrogen-bond donors (Lipinski definition) is 1. The summed E-state index contributed by atoms with van der Waals surface area (Å²) < 4.78 is 22.9. The van der Waals surface area contributed by atoms with E-state index >= 15 is 0 Å². The van der Waals surface area contributed by atoms with Crippen molar-refractivity contribution in [1.82, 2.24) is 4.90 Å². The van der Waals surface area contributed by atoms with Gasteiger partial charge >= 0.3 is 0 Å². The molecule has 2 fully saturated rings. The molecule has 0 bridgehead atoms. The van der Waals surface area contributed by atoms with Crippen LogP contribution in [-0.4, -0.2) is 55.7 Å². The van der Waals surface area contributed by atoms with Gasteiger partial charge in [0.1, 0.15) is 0 Å². The van der Waals surface area contributed by atoms with Gasteiger partial charge < -0.3 is 10.0 Å². The summed E-state index contributed by atoms with van der Waals surface area (Å²) in [5, 5.41) is 10.2. The molecule has 0 amide bonds. The highest BCUT2D eigenvalue weighted by Gasteiger charge is 2.36. The largest absolute Gasteiger partial charge is 0.393 e. The highest BCUT2D eigenvalue weighted by atomic mass is 32.2. The summed E-state index contributed by atoms with van der Waals surface area (Å²) in [7, 11) is -2.81. The number of nitrogens with zero attached hydrogens (tertiary/aromatic N) is 1. The molecule has 1 saturated heterocycles. The van der Waals surface area contributed by atoms with Gasteiger partial charge in [-0.2, -0.15) is 0 Å². The highest BCUT2D eigenvalue weighted by Crippen LogP contribution is 2.40. The van der Waals surface area contributed by atoms with E-state index in [0.29, 0.717) is 30.3 Å². The van der Waals surface area contributed by atoms with E-state index in [-0.39, 0.29) is 17.6 Å². The molecule has 4 nitrogen and oxygen atoms in total. The quantitative estimate of drug-likeness (QED) is 0.841. The number of rotatable bonds is 2. The second kappa shape index (κ2) is 5.93. The normalized spacial score (nSPS) is 35.9. The lowest BCUT2D eigenvalue weighted by Crippen LogP contribution is -2.46. The van der Waals surface area contributed by atoms with Crippen molar-refractivity contribution in [3.8, 4) is 0 Å². The maximum atomic E-state index is 11.5. The Labute approximate surface area is 123 Å². The topological polar surface area (TPSA) is 57.6 Å². The van der Waals surface area contributed by atoms with Crippen LogP contribution in [0.25, 0.3) is 0 Å². The standard InChI is InChI=1S/C15H29NO3S/c1-15(2,3)13-4-5-14(17)12(10-13)11-16-6-8-20(18,19)9-7-16/h12-14,17H,4-11H2,1-3H3. The van der Waals surface area contributed by atoms with E-state index < -0.39 is 9.84 Å². The lowest BCUT2D eigenvalue weighted by molar-refractivity contribution is 0.00438. The molecule has 3 unspecified atom stereocenters. The fourth-order valence-corrected chi connectivity index (χ4v) is 4.77. The zero-order valence-electron chi connectivity index (χ0n) is 13.0. The van der Waals surface area contributed by atoms with Gasteiger partial charge in [0.15, 0.2) is 9.84 Å². The first-order valence-electron chi connectivity index (χ1n) is 7.78. The Bertz CT molecular complexity index is 413. The monoisotopic (exact) mass is 303 g/mol. The summed E-state index contributed by atoms with van der Waals surface area (Å²) in [5.74, 6) is 1.51. The molecule has 0 spiro atoms. The third-order valence-corrected chi connectivity index (χ3v) is 6.71. The average Bonchev–Trinajstić information content (AvgIpc) is 2.33. The van der Waals surface area contributed by atoms with Crippen LogP contribution in [0, 0.1) is 17.3 Å². The first-order chi connectivity index (χ1) is 9.17. The van der Waals surface area contributed by atoms with Crippen LogP contribution in [0.5, 0.6) is 0 Å². The molecule has 1 heterocycles. The van der Waals surface area contributed by atoms with Gasteiger partial charge in [0, 0.05) is 19.6 Å². The predicted octanol–water partition coefficient (Wildman–Crippen LogP) is 1.54. The Kier molecular flexibility index (Phi) is 4.82. The van der Waals surface area contributed by atoms with Crippen LogP contribution in [0.2, 0.25) is 0 Å². The number of sulfone groups is 1. The molecular formula is C15H29NO3S. The fraction of sp³-hybridized carbons (Fsp3) is 1.00. The Balaban J connectivity index is 1.91. The van der Waals surface area contributed by atoms with Crippen molar-refractivity contribution in [1.29, 1.82) is 0 Å². The molecule has 5 heteroatoms. The van der Waals surface area contributed by atoms with Crippen LogP contribution in [-0.2, 0) is 9.84 Å². The zero-order valence-corrected chi connectivity index (χ0v) is 13.8. The zero-order chi connectivity index (χ0) is 15.0. The van der Waals surface area contributed by atoms with Crippen molar-refractivity contribution in [2.45, 2.75) is 46.1 Å². The molecule has 2 rings (SSSR count). The van der Waals surface area contributed by atoms with E-state index in [1.54, 1.807) is 0 Å². The van der Waals surface area contributed by atoms with E-state index in [9.17, 15) is 13.5 Å². The van der Waals surface area contributed by atoms with Crippen molar-refractivity contribution in [3.05, 3.63) is 0 Å². The fourth-order valence-electron chi connectivity index (χ4n) is 3.50. The minimum absolute atomic E-state index is 0.216. The highest BCUT2D eigenvalue weighted by molar-refractivity contribution is 7.91. The van der Waals surface area contributed by atoms with Crippen molar-refractivity contribution in [2.24, 2.45) is 17.3 Å². The Morgan fingerprint density at radius 2 is 1.75 bits per heavy atom. The summed E-state index contributed by atoms with van der Waals surface area (Å²) in [5.41, 5.74) is 0.295. The third kappa shape index (κ3) is 4.18. The van der Waals surface area contributed by atoms with Gasteiger partial charge in [-0.3, -0.25) is 0 Å². The SMILES string of the molecule is CC(C)(C)C1CCC(O)C(CN2CCS(=O)(=O)CC2)C1. The summed E-state index contributed by atoms with van der Waals surface area (Å²) in [6.45, 7) is 8.94. The van der Waals surface area contributed by atoms with Gasteiger partial charge in [-0.05, 0) is 36.5 Å². The number of hydrogen-bond acceptors (Lipinski definition) is 4. The minimum Gasteiger partial charge on any atom is -0.393 e. The summed E-state index contributed by atoms with van der Waals surface area (Å²) in [6.07, 6.45) is 2.84. The molecule has 0 aromatic rings. The Morgan fingerprint density at radius 3 is 2.30 bits per heavy atom. The first kappa shape index (κ1) is 16.2. The smallest absolute Gasteiger partial charge is 0.152 e. The number of aliphatic hydroxyl groups is 1. The van der Waals surface area contributed by atoms with Crippen LogP contribution < -0.4 is 0 Å². The van der Waals surface area contributed by atoms with E-state index in [0.717, 1.165) is 25.8 Å². The lowest BCUT2D eigenvalue weighted by atomic mass is 9.68. The third-order valence-electron chi connectivity index (χ3n) is 5.10. The van der Waals surface area contributed by atoms with Crippen molar-refractivity contribution in [2.75, 3.05) is 31.1 Å². The molecule has 118 valence electrons. The molecule has 0 aromatic carbocycles. The van der Waals surface area contributed by atoms with Crippen LogP contribution in [0.15, 0.2) is 0 Å². The van der Waals surface area contributed by atoms with Gasteiger partial charge in [-0.1, -0.05) is 20.8 Å². The lowest BCUT2D eigenvalue weighted by Gasteiger charge is -2.42. The second-order valence-electron chi connectivity index (χ2n) is 7.66. The summed E-state index contributed by atoms with van der Waals surface area (Å²) in [4.78, 5) is 2.22. The van der Waals surface area contributed by atoms with Crippen LogP contribution in [0.4, 0.5) is 0 Å². The van der Waals surface area contributed by atoms with Crippen molar-refractivity contribution in [3.63, 3.8) is 0 Å². The Morgan fingerprint density at radius 1 is 1.15 bits per heavy atom. The number of aliphatic hydroxyl groups excluding tert-OH is 1. The van der Waals surface area contributed by atoms with Gasteiger partial charge in [-0.25, -0.2) is 8.42 Å². The van der Waals surface area contributed by atoms with Crippen molar-refractivity contribution >= 4 is 9.84 Å². The molecule has 1 N–H and O–H groups in total. The van der Waals surface area contributed by atoms with E-state index in [1.165, 1.54) is 0 Å². The maximum absolute atomic E-state index is 11.5. The van der Waals surface area contributed by atoms with Gasteiger partial charge in [0.05, 0.1) is 17.6 Å². The van der Waals surface area contributed by atoms with Crippen LogP contribution in [0.3, 0.4) is 0 Å². The average molecular weight is 303 g/mol. The van der Waals surface area contributed by atoms with Gasteiger partial charge in [-0.15, -0.1) is 0 Å². The Hall–Kier alpha value is -0.130. The van der Waals surface area contributed by atoms with Crippen molar-refractivity contribution < 1.29 is 13.5 Å². The molecule has 0 aromatic heterocycles. The molecule has 0 radical (unpaired) electrons. The summed E-state index contributed by atoms with van der Waals surface area (Å²) in [6, 6.07) is 0. The minimum atomic E-state index is -2.81. The first-order valence-corrected chi connectivity index (χ1v) is 9.60. The molecule has 1 aliphatic heterocycles. The molecule has 2 aliphatic rings. The molecule has 20 heavy (non-hydrogen) atoms. The molecular weight excluding hydrogens is 274 g/mol. The van der Waals surface area contributed by atoms with E-state index in [2.05, 4.69) is 25.7 Å². The molecule has 1 saturated carbocycles. The van der Waals surface area contributed by atoms with Crippen LogP contribution in [0.1, 0.15) is 40.0 Å². The second-order valence-corrected chi connectivity index (χ2v) is 9.96. The van der Waals surface area contributed by atoms with Gasteiger partial charge in [0.2, 0.25) is 0 Å². The van der Waals surface area contributed by atoms with Gasteiger partial charge in [0.25, 0.3) is 0 Å². The van der Waals surface area contributed by atoms with E-state index in [4.69, 9.17) is 0 Å².